The SMILES string of the molecule is C=C[C@H](C)O[C@H](C(=O)OC(C)(C)C)C(=O)c1ccccc1F. The van der Waals surface area contributed by atoms with Crippen LogP contribution in [0, 0.1) is 5.82 Å². The molecule has 1 rings (SSSR count). The van der Waals surface area contributed by atoms with Crippen molar-refractivity contribution in [3.8, 4) is 0 Å². The van der Waals surface area contributed by atoms with Crippen LogP contribution in [0.25, 0.3) is 0 Å². The lowest BCUT2D eigenvalue weighted by Gasteiger charge is -2.24. The summed E-state index contributed by atoms with van der Waals surface area (Å²) < 4.78 is 24.3. The second-order valence-electron chi connectivity index (χ2n) is 5.83. The minimum Gasteiger partial charge on any atom is -0.458 e. The first kappa shape index (κ1) is 18.0. The maximum absolute atomic E-state index is 13.8. The van der Waals surface area contributed by atoms with E-state index < -0.39 is 35.4 Å². The first-order valence-corrected chi connectivity index (χ1v) is 6.95. The Labute approximate surface area is 129 Å². The van der Waals surface area contributed by atoms with Gasteiger partial charge in [0.1, 0.15) is 11.4 Å². The van der Waals surface area contributed by atoms with Crippen LogP contribution in [0.3, 0.4) is 0 Å². The molecule has 1 aromatic carbocycles. The van der Waals surface area contributed by atoms with Crippen molar-refractivity contribution >= 4 is 11.8 Å². The molecule has 120 valence electrons. The number of ketones is 1. The minimum atomic E-state index is -1.54. The van der Waals surface area contributed by atoms with Gasteiger partial charge in [0.15, 0.2) is 0 Å². The number of Topliss-reactive ketones (excluding diaryl/α,β-unsaturated/α-hetero) is 1. The number of halogens is 1. The Morgan fingerprint density at radius 1 is 1.27 bits per heavy atom. The van der Waals surface area contributed by atoms with E-state index >= 15 is 0 Å². The Balaban J connectivity index is 3.09. The zero-order valence-electron chi connectivity index (χ0n) is 13.3. The summed E-state index contributed by atoms with van der Waals surface area (Å²) in [6.07, 6.45) is -0.663. The van der Waals surface area contributed by atoms with E-state index in [2.05, 4.69) is 6.58 Å². The first-order valence-electron chi connectivity index (χ1n) is 6.95. The molecular formula is C17H21FO4. The lowest BCUT2D eigenvalue weighted by Crippen LogP contribution is -2.40. The van der Waals surface area contributed by atoms with Gasteiger partial charge in [0.25, 0.3) is 0 Å². The average Bonchev–Trinajstić information content (AvgIpc) is 2.42. The number of hydrogen-bond acceptors (Lipinski definition) is 4. The second kappa shape index (κ2) is 7.31. The molecule has 0 aromatic heterocycles. The van der Waals surface area contributed by atoms with Gasteiger partial charge in [0.2, 0.25) is 11.9 Å². The van der Waals surface area contributed by atoms with Crippen LogP contribution in [0.4, 0.5) is 4.39 Å². The van der Waals surface area contributed by atoms with Gasteiger partial charge in [-0.3, -0.25) is 4.79 Å². The van der Waals surface area contributed by atoms with Gasteiger partial charge < -0.3 is 9.47 Å². The van der Waals surface area contributed by atoms with Crippen LogP contribution in [0.1, 0.15) is 38.1 Å². The van der Waals surface area contributed by atoms with Gasteiger partial charge in [-0.25, -0.2) is 9.18 Å². The predicted octanol–water partition coefficient (Wildman–Crippen LogP) is 3.31. The van der Waals surface area contributed by atoms with Gasteiger partial charge >= 0.3 is 5.97 Å². The zero-order valence-corrected chi connectivity index (χ0v) is 13.3. The van der Waals surface area contributed by atoms with E-state index in [-0.39, 0.29) is 5.56 Å². The molecule has 0 unspecified atom stereocenters. The van der Waals surface area contributed by atoms with E-state index in [0.29, 0.717) is 0 Å². The van der Waals surface area contributed by atoms with Gasteiger partial charge in [0.05, 0.1) is 11.7 Å². The monoisotopic (exact) mass is 308 g/mol. The van der Waals surface area contributed by atoms with E-state index in [1.54, 1.807) is 27.7 Å². The molecule has 0 saturated heterocycles. The molecule has 0 heterocycles. The zero-order chi connectivity index (χ0) is 16.9. The topological polar surface area (TPSA) is 52.6 Å². The number of carbonyl (C=O) groups excluding carboxylic acids is 2. The number of rotatable bonds is 6. The van der Waals surface area contributed by atoms with E-state index in [0.717, 1.165) is 6.07 Å². The standard InChI is InChI=1S/C17H21FO4/c1-6-11(2)21-15(16(20)22-17(3,4)5)14(19)12-9-7-8-10-13(12)18/h6-11,15H,1H2,2-5H3/t11-,15-/m0/s1. The molecule has 2 atom stereocenters. The normalized spacial score (nSPS) is 14.0. The maximum atomic E-state index is 13.8. The molecule has 22 heavy (non-hydrogen) atoms. The third kappa shape index (κ3) is 5.07. The summed E-state index contributed by atoms with van der Waals surface area (Å²) in [4.78, 5) is 24.7. The Bertz CT molecular complexity index is 560. The molecule has 1 aromatic rings. The lowest BCUT2D eigenvalue weighted by molar-refractivity contribution is -0.166. The Kier molecular flexibility index (Phi) is 6.00. The molecule has 0 N–H and O–H groups in total. The number of carbonyl (C=O) groups is 2. The fourth-order valence-corrected chi connectivity index (χ4v) is 1.65. The van der Waals surface area contributed by atoms with E-state index in [4.69, 9.17) is 9.47 Å². The molecule has 5 heteroatoms. The van der Waals surface area contributed by atoms with Crippen LogP contribution in [-0.2, 0) is 14.3 Å². The average molecular weight is 308 g/mol. The maximum Gasteiger partial charge on any atom is 0.344 e. The highest BCUT2D eigenvalue weighted by atomic mass is 19.1. The molecule has 0 aliphatic carbocycles. The van der Waals surface area contributed by atoms with Gasteiger partial charge in [-0.05, 0) is 39.8 Å². The summed E-state index contributed by atoms with van der Waals surface area (Å²) >= 11 is 0. The third-order valence-corrected chi connectivity index (χ3v) is 2.68. The van der Waals surface area contributed by atoms with Crippen molar-refractivity contribution in [3.05, 3.63) is 48.3 Å². The first-order chi connectivity index (χ1) is 10.2. The van der Waals surface area contributed by atoms with Gasteiger partial charge in [-0.1, -0.05) is 18.2 Å². The van der Waals surface area contributed by atoms with Gasteiger partial charge in [-0.2, -0.15) is 0 Å². The number of esters is 1. The van der Waals surface area contributed by atoms with Crippen molar-refractivity contribution in [2.75, 3.05) is 0 Å². The molecule has 0 aliphatic heterocycles. The van der Waals surface area contributed by atoms with Crippen LogP contribution in [0.5, 0.6) is 0 Å². The Hall–Kier alpha value is -2.01. The number of benzene rings is 1. The van der Waals surface area contributed by atoms with Crippen molar-refractivity contribution in [1.29, 1.82) is 0 Å². The smallest absolute Gasteiger partial charge is 0.344 e. The third-order valence-electron chi connectivity index (χ3n) is 2.68. The summed E-state index contributed by atoms with van der Waals surface area (Å²) in [5.41, 5.74) is -0.999. The van der Waals surface area contributed by atoms with Crippen molar-refractivity contribution in [2.24, 2.45) is 0 Å². The molecule has 4 nitrogen and oxygen atoms in total. The summed E-state index contributed by atoms with van der Waals surface area (Å²) in [5.74, 6) is -2.34. The van der Waals surface area contributed by atoms with Crippen LogP contribution >= 0.6 is 0 Å². The second-order valence-corrected chi connectivity index (χ2v) is 5.83. The molecule has 0 fully saturated rings. The van der Waals surface area contributed by atoms with Gasteiger partial charge in [-0.15, -0.1) is 6.58 Å². The highest BCUT2D eigenvalue weighted by molar-refractivity contribution is 6.11. The van der Waals surface area contributed by atoms with Crippen LogP contribution in [-0.4, -0.2) is 29.6 Å². The Morgan fingerprint density at radius 2 is 1.86 bits per heavy atom. The minimum absolute atomic E-state index is 0.213. The molecule has 0 saturated carbocycles. The van der Waals surface area contributed by atoms with Crippen LogP contribution in [0.15, 0.2) is 36.9 Å². The van der Waals surface area contributed by atoms with E-state index in [1.165, 1.54) is 24.3 Å². The summed E-state index contributed by atoms with van der Waals surface area (Å²) in [5, 5.41) is 0. The molecule has 0 radical (unpaired) electrons. The van der Waals surface area contributed by atoms with Gasteiger partial charge in [0, 0.05) is 0 Å². The fraction of sp³-hybridized carbons (Fsp3) is 0.412. The molecule has 0 bridgehead atoms. The molecule has 0 spiro atoms. The highest BCUT2D eigenvalue weighted by Gasteiger charge is 2.34. The van der Waals surface area contributed by atoms with Crippen molar-refractivity contribution in [1.82, 2.24) is 0 Å². The highest BCUT2D eigenvalue weighted by Crippen LogP contribution is 2.17. The van der Waals surface area contributed by atoms with Crippen molar-refractivity contribution < 1.29 is 23.5 Å². The fourth-order valence-electron chi connectivity index (χ4n) is 1.65. The largest absolute Gasteiger partial charge is 0.458 e. The van der Waals surface area contributed by atoms with E-state index in [9.17, 15) is 14.0 Å². The number of ether oxygens (including phenoxy) is 2. The summed E-state index contributed by atoms with van der Waals surface area (Å²) in [6, 6.07) is 5.43. The number of hydrogen-bond donors (Lipinski definition) is 0. The lowest BCUT2D eigenvalue weighted by atomic mass is 10.0. The Morgan fingerprint density at radius 3 is 2.36 bits per heavy atom. The summed E-state index contributed by atoms with van der Waals surface area (Å²) in [6.45, 7) is 10.2. The predicted molar refractivity (Wildman–Crippen MR) is 81.1 cm³/mol. The van der Waals surface area contributed by atoms with E-state index in [1.807, 2.05) is 0 Å². The molecule has 0 amide bonds. The van der Waals surface area contributed by atoms with Crippen molar-refractivity contribution in [2.45, 2.75) is 45.5 Å². The quantitative estimate of drug-likeness (QED) is 0.350. The van der Waals surface area contributed by atoms with Crippen LogP contribution in [0.2, 0.25) is 0 Å². The summed E-state index contributed by atoms with van der Waals surface area (Å²) in [7, 11) is 0. The van der Waals surface area contributed by atoms with Crippen molar-refractivity contribution in [3.63, 3.8) is 0 Å². The molecular weight excluding hydrogens is 287 g/mol. The molecule has 0 aliphatic rings. The van der Waals surface area contributed by atoms with Crippen LogP contribution < -0.4 is 0 Å².